The molecule has 1 aromatic rings. The molecule has 2 atom stereocenters. The molecule has 1 nitrogen and oxygen atoms in total. The van der Waals surface area contributed by atoms with Crippen LogP contribution in [0, 0.1) is 0 Å². The van der Waals surface area contributed by atoms with Gasteiger partial charge < -0.3 is 5.73 Å². The molecule has 1 aromatic carbocycles. The molecule has 0 aliphatic carbocycles. The van der Waals surface area contributed by atoms with Gasteiger partial charge in [-0.1, -0.05) is 43.5 Å². The van der Waals surface area contributed by atoms with Gasteiger partial charge in [0.05, 0.1) is 5.02 Å². The monoisotopic (exact) mass is 291 g/mol. The molecule has 2 unspecified atom stereocenters. The van der Waals surface area contributed by atoms with E-state index in [1.165, 1.54) is 0 Å². The van der Waals surface area contributed by atoms with Crippen LogP contribution in [0.1, 0.15) is 33.1 Å². The lowest BCUT2D eigenvalue weighted by atomic mass is 10.1. The van der Waals surface area contributed by atoms with Crippen LogP contribution >= 0.6 is 35.0 Å². The van der Waals surface area contributed by atoms with Gasteiger partial charge in [0, 0.05) is 21.2 Å². The highest BCUT2D eigenvalue weighted by molar-refractivity contribution is 8.00. The molecule has 0 fully saturated rings. The summed E-state index contributed by atoms with van der Waals surface area (Å²) in [4.78, 5) is 1.03. The van der Waals surface area contributed by atoms with Crippen molar-refractivity contribution >= 4 is 35.0 Å². The Balaban J connectivity index is 2.76. The van der Waals surface area contributed by atoms with Crippen LogP contribution in [0.3, 0.4) is 0 Å². The van der Waals surface area contributed by atoms with Crippen LogP contribution in [-0.4, -0.2) is 11.3 Å². The zero-order valence-corrected chi connectivity index (χ0v) is 12.6. The summed E-state index contributed by atoms with van der Waals surface area (Å²) >= 11 is 13.9. The molecule has 0 amide bonds. The highest BCUT2D eigenvalue weighted by Crippen LogP contribution is 2.35. The summed E-state index contributed by atoms with van der Waals surface area (Å²) in [6.07, 6.45) is 3.19. The van der Waals surface area contributed by atoms with Crippen LogP contribution in [0.15, 0.2) is 23.1 Å². The van der Waals surface area contributed by atoms with Gasteiger partial charge in [-0.3, -0.25) is 0 Å². The van der Waals surface area contributed by atoms with E-state index in [9.17, 15) is 0 Å². The first-order chi connectivity index (χ1) is 8.08. The molecule has 2 N–H and O–H groups in total. The molecular formula is C13H19Cl2NS. The van der Waals surface area contributed by atoms with Crippen LogP contribution in [-0.2, 0) is 0 Å². The number of benzene rings is 1. The SMILES string of the molecule is CCCC(N)C(CC)Sc1cc(Cl)ccc1Cl. The lowest BCUT2D eigenvalue weighted by molar-refractivity contribution is 0.567. The fourth-order valence-electron chi connectivity index (χ4n) is 1.72. The van der Waals surface area contributed by atoms with Gasteiger partial charge in [-0.05, 0) is 31.0 Å². The number of hydrogen-bond acceptors (Lipinski definition) is 2. The largest absolute Gasteiger partial charge is 0.327 e. The predicted molar refractivity (Wildman–Crippen MR) is 79.3 cm³/mol. The Bertz CT molecular complexity index is 357. The number of rotatable bonds is 6. The van der Waals surface area contributed by atoms with Crippen molar-refractivity contribution in [2.24, 2.45) is 5.73 Å². The zero-order chi connectivity index (χ0) is 12.8. The van der Waals surface area contributed by atoms with E-state index < -0.39 is 0 Å². The van der Waals surface area contributed by atoms with Gasteiger partial charge in [0.25, 0.3) is 0 Å². The van der Waals surface area contributed by atoms with E-state index in [4.69, 9.17) is 28.9 Å². The van der Waals surface area contributed by atoms with Gasteiger partial charge in [-0.15, -0.1) is 11.8 Å². The fraction of sp³-hybridized carbons (Fsp3) is 0.538. The van der Waals surface area contributed by atoms with E-state index in [1.807, 2.05) is 12.1 Å². The van der Waals surface area contributed by atoms with Gasteiger partial charge in [0.15, 0.2) is 0 Å². The molecule has 0 spiro atoms. The molecule has 1 rings (SSSR count). The lowest BCUT2D eigenvalue weighted by Crippen LogP contribution is -2.31. The minimum Gasteiger partial charge on any atom is -0.327 e. The molecule has 0 aliphatic heterocycles. The Morgan fingerprint density at radius 2 is 2.00 bits per heavy atom. The van der Waals surface area contributed by atoms with Crippen LogP contribution in [0.4, 0.5) is 0 Å². The molecule has 0 saturated heterocycles. The Morgan fingerprint density at radius 3 is 2.59 bits per heavy atom. The predicted octanol–water partition coefficient (Wildman–Crippen LogP) is 4.99. The first-order valence-electron chi connectivity index (χ1n) is 5.95. The molecule has 0 bridgehead atoms. The smallest absolute Gasteiger partial charge is 0.0543 e. The summed E-state index contributed by atoms with van der Waals surface area (Å²) in [5.41, 5.74) is 6.18. The number of nitrogens with two attached hydrogens (primary N) is 1. The molecule has 0 aliphatic rings. The third-order valence-electron chi connectivity index (χ3n) is 2.67. The topological polar surface area (TPSA) is 26.0 Å². The third-order valence-corrected chi connectivity index (χ3v) is 4.93. The van der Waals surface area contributed by atoms with Crippen molar-refractivity contribution in [2.75, 3.05) is 0 Å². The van der Waals surface area contributed by atoms with Crippen LogP contribution in [0.2, 0.25) is 10.0 Å². The van der Waals surface area contributed by atoms with Gasteiger partial charge in [0.2, 0.25) is 0 Å². The van der Waals surface area contributed by atoms with Crippen molar-refractivity contribution in [3.05, 3.63) is 28.2 Å². The first-order valence-corrected chi connectivity index (χ1v) is 7.59. The second kappa shape index (κ2) is 7.52. The maximum Gasteiger partial charge on any atom is 0.0543 e. The standard InChI is InChI=1S/C13H19Cl2NS/c1-3-5-11(16)12(4-2)17-13-8-9(14)6-7-10(13)15/h6-8,11-12H,3-5,16H2,1-2H3. The summed E-state index contributed by atoms with van der Waals surface area (Å²) in [6.45, 7) is 4.31. The minimum absolute atomic E-state index is 0.213. The van der Waals surface area contributed by atoms with E-state index in [-0.39, 0.29) is 6.04 Å². The fourth-order valence-corrected chi connectivity index (χ4v) is 3.39. The average molecular weight is 292 g/mol. The quantitative estimate of drug-likeness (QED) is 0.747. The number of hydrogen-bond donors (Lipinski definition) is 1. The van der Waals surface area contributed by atoms with Crippen molar-refractivity contribution in [3.63, 3.8) is 0 Å². The van der Waals surface area contributed by atoms with Gasteiger partial charge in [-0.2, -0.15) is 0 Å². The Kier molecular flexibility index (Phi) is 6.71. The van der Waals surface area contributed by atoms with E-state index in [0.717, 1.165) is 34.2 Å². The normalized spacial score (nSPS) is 14.6. The second-order valence-corrected chi connectivity index (χ2v) is 6.22. The molecular weight excluding hydrogens is 273 g/mol. The summed E-state index contributed by atoms with van der Waals surface area (Å²) in [6, 6.07) is 5.77. The van der Waals surface area contributed by atoms with E-state index in [1.54, 1.807) is 17.8 Å². The van der Waals surface area contributed by atoms with E-state index in [2.05, 4.69) is 13.8 Å². The molecule has 17 heavy (non-hydrogen) atoms. The molecule has 96 valence electrons. The Morgan fingerprint density at radius 1 is 1.29 bits per heavy atom. The van der Waals surface area contributed by atoms with Crippen molar-refractivity contribution < 1.29 is 0 Å². The van der Waals surface area contributed by atoms with Gasteiger partial charge in [0.1, 0.15) is 0 Å². The lowest BCUT2D eigenvalue weighted by Gasteiger charge is -2.22. The maximum absolute atomic E-state index is 6.18. The van der Waals surface area contributed by atoms with Crippen molar-refractivity contribution in [2.45, 2.75) is 49.3 Å². The van der Waals surface area contributed by atoms with Gasteiger partial charge in [-0.25, -0.2) is 0 Å². The van der Waals surface area contributed by atoms with Crippen molar-refractivity contribution in [1.29, 1.82) is 0 Å². The second-order valence-electron chi connectivity index (χ2n) is 4.09. The Hall–Kier alpha value is 0.110. The van der Waals surface area contributed by atoms with E-state index >= 15 is 0 Å². The minimum atomic E-state index is 0.213. The van der Waals surface area contributed by atoms with Crippen molar-refractivity contribution in [1.82, 2.24) is 0 Å². The molecule has 4 heteroatoms. The number of halogens is 2. The highest BCUT2D eigenvalue weighted by Gasteiger charge is 2.17. The Labute approximate surface area is 118 Å². The maximum atomic E-state index is 6.18. The van der Waals surface area contributed by atoms with Crippen LogP contribution in [0.25, 0.3) is 0 Å². The summed E-state index contributed by atoms with van der Waals surface area (Å²) < 4.78 is 0. The van der Waals surface area contributed by atoms with Crippen LogP contribution < -0.4 is 5.73 Å². The third kappa shape index (κ3) is 4.70. The van der Waals surface area contributed by atoms with E-state index in [0.29, 0.717) is 5.25 Å². The first kappa shape index (κ1) is 15.2. The number of thioether (sulfide) groups is 1. The average Bonchev–Trinajstić information content (AvgIpc) is 2.30. The van der Waals surface area contributed by atoms with Crippen molar-refractivity contribution in [3.8, 4) is 0 Å². The van der Waals surface area contributed by atoms with Crippen LogP contribution in [0.5, 0.6) is 0 Å². The zero-order valence-electron chi connectivity index (χ0n) is 10.2. The van der Waals surface area contributed by atoms with Gasteiger partial charge >= 0.3 is 0 Å². The summed E-state index contributed by atoms with van der Waals surface area (Å²) in [5, 5.41) is 1.86. The molecule has 0 saturated carbocycles. The highest BCUT2D eigenvalue weighted by atomic mass is 35.5. The molecule has 0 radical (unpaired) electrons. The molecule has 0 aromatic heterocycles. The molecule has 0 heterocycles. The summed E-state index contributed by atoms with van der Waals surface area (Å²) in [5.74, 6) is 0. The summed E-state index contributed by atoms with van der Waals surface area (Å²) in [7, 11) is 0.